The summed E-state index contributed by atoms with van der Waals surface area (Å²) < 4.78 is 6.35. The summed E-state index contributed by atoms with van der Waals surface area (Å²) in [5, 5.41) is 3.99. The average molecular weight is 301 g/mol. The topological polar surface area (TPSA) is 24.5 Å². The number of thiocarbonyl (C=S) groups is 1. The highest BCUT2D eigenvalue weighted by Gasteiger charge is 2.13. The van der Waals surface area contributed by atoms with Gasteiger partial charge < -0.3 is 15.0 Å². The first-order valence-corrected chi connectivity index (χ1v) is 6.35. The summed E-state index contributed by atoms with van der Waals surface area (Å²) in [6, 6.07) is 7.97. The summed E-state index contributed by atoms with van der Waals surface area (Å²) in [5.74, 6) is 0. The molecule has 0 bridgehead atoms. The van der Waals surface area contributed by atoms with Crippen LogP contribution in [0, 0.1) is 0 Å². The van der Waals surface area contributed by atoms with Gasteiger partial charge in [-0.2, -0.15) is 0 Å². The molecule has 86 valence electrons. The molecule has 0 aliphatic carbocycles. The van der Waals surface area contributed by atoms with Crippen LogP contribution in [0.15, 0.2) is 28.7 Å². The Hall–Kier alpha value is -0.650. The number of benzene rings is 1. The fraction of sp³-hybridized carbons (Fsp3) is 0.364. The van der Waals surface area contributed by atoms with Gasteiger partial charge in [-0.25, -0.2) is 0 Å². The van der Waals surface area contributed by atoms with Crippen molar-refractivity contribution in [3.8, 4) is 0 Å². The smallest absolute Gasteiger partial charge is 0.173 e. The van der Waals surface area contributed by atoms with Gasteiger partial charge in [0.05, 0.1) is 13.2 Å². The zero-order valence-electron chi connectivity index (χ0n) is 8.78. The Morgan fingerprint density at radius 1 is 1.25 bits per heavy atom. The second-order valence-corrected chi connectivity index (χ2v) is 4.84. The van der Waals surface area contributed by atoms with E-state index in [4.69, 9.17) is 17.0 Å². The van der Waals surface area contributed by atoms with Gasteiger partial charge in [0.15, 0.2) is 5.11 Å². The van der Waals surface area contributed by atoms with Crippen LogP contribution in [0.1, 0.15) is 0 Å². The minimum absolute atomic E-state index is 0.752. The first-order chi connectivity index (χ1) is 7.75. The van der Waals surface area contributed by atoms with Crippen LogP contribution < -0.4 is 5.32 Å². The van der Waals surface area contributed by atoms with Gasteiger partial charge in [-0.3, -0.25) is 0 Å². The lowest BCUT2D eigenvalue weighted by Crippen LogP contribution is -2.42. The highest BCUT2D eigenvalue weighted by Crippen LogP contribution is 2.14. The molecule has 0 radical (unpaired) electrons. The molecular formula is C11H13BrN2OS. The third kappa shape index (κ3) is 3.17. The molecule has 2 rings (SSSR count). The van der Waals surface area contributed by atoms with Gasteiger partial charge in [0.2, 0.25) is 0 Å². The minimum atomic E-state index is 0.752. The number of hydrogen-bond donors (Lipinski definition) is 1. The van der Waals surface area contributed by atoms with E-state index in [1.54, 1.807) is 0 Å². The maximum absolute atomic E-state index is 5.34. The van der Waals surface area contributed by atoms with Crippen LogP contribution in [0.5, 0.6) is 0 Å². The largest absolute Gasteiger partial charge is 0.378 e. The number of anilines is 1. The van der Waals surface area contributed by atoms with Gasteiger partial charge in [-0.15, -0.1) is 0 Å². The third-order valence-electron chi connectivity index (χ3n) is 2.39. The molecule has 3 nitrogen and oxygen atoms in total. The molecule has 0 atom stereocenters. The Morgan fingerprint density at radius 3 is 2.50 bits per heavy atom. The van der Waals surface area contributed by atoms with Crippen LogP contribution in [0.3, 0.4) is 0 Å². The molecule has 0 unspecified atom stereocenters. The predicted molar refractivity (Wildman–Crippen MR) is 72.8 cm³/mol. The lowest BCUT2D eigenvalue weighted by Gasteiger charge is -2.29. The first-order valence-electron chi connectivity index (χ1n) is 5.15. The van der Waals surface area contributed by atoms with Crippen molar-refractivity contribution in [2.45, 2.75) is 0 Å². The maximum Gasteiger partial charge on any atom is 0.173 e. The van der Waals surface area contributed by atoms with E-state index in [9.17, 15) is 0 Å². The zero-order chi connectivity index (χ0) is 11.4. The lowest BCUT2D eigenvalue weighted by molar-refractivity contribution is 0.0690. The van der Waals surface area contributed by atoms with Crippen LogP contribution in [0.25, 0.3) is 0 Å². The molecule has 16 heavy (non-hydrogen) atoms. The number of nitrogens with zero attached hydrogens (tertiary/aromatic N) is 1. The highest BCUT2D eigenvalue weighted by atomic mass is 79.9. The van der Waals surface area contributed by atoms with Gasteiger partial charge in [0.1, 0.15) is 0 Å². The van der Waals surface area contributed by atoms with E-state index in [2.05, 4.69) is 26.1 Å². The summed E-state index contributed by atoms with van der Waals surface area (Å²) in [4.78, 5) is 2.13. The lowest BCUT2D eigenvalue weighted by atomic mass is 10.3. The van der Waals surface area contributed by atoms with E-state index in [0.29, 0.717) is 0 Å². The fourth-order valence-corrected chi connectivity index (χ4v) is 2.07. The number of nitrogens with one attached hydrogen (secondary N) is 1. The summed E-state index contributed by atoms with van der Waals surface area (Å²) in [5.41, 5.74) is 1.01. The van der Waals surface area contributed by atoms with Crippen molar-refractivity contribution in [2.24, 2.45) is 0 Å². The van der Waals surface area contributed by atoms with Crippen molar-refractivity contribution in [3.05, 3.63) is 28.7 Å². The molecule has 1 aromatic rings. The quantitative estimate of drug-likeness (QED) is 0.806. The van der Waals surface area contributed by atoms with Gasteiger partial charge in [0, 0.05) is 23.2 Å². The molecule has 1 aliphatic heterocycles. The number of ether oxygens (including phenoxy) is 1. The van der Waals surface area contributed by atoms with Gasteiger partial charge in [0.25, 0.3) is 0 Å². The van der Waals surface area contributed by atoms with Crippen LogP contribution in [-0.4, -0.2) is 36.3 Å². The SMILES string of the molecule is S=C(Nc1ccc(Br)cc1)N1CCOCC1. The number of hydrogen-bond acceptors (Lipinski definition) is 2. The van der Waals surface area contributed by atoms with Crippen LogP contribution >= 0.6 is 28.1 Å². The van der Waals surface area contributed by atoms with Gasteiger partial charge in [-0.05, 0) is 36.5 Å². The van der Waals surface area contributed by atoms with Gasteiger partial charge >= 0.3 is 0 Å². The van der Waals surface area contributed by atoms with E-state index >= 15 is 0 Å². The number of rotatable bonds is 1. The maximum atomic E-state index is 5.34. The molecule has 1 fully saturated rings. The standard InChI is InChI=1S/C11H13BrN2OS/c12-9-1-3-10(4-2-9)13-11(16)14-5-7-15-8-6-14/h1-4H,5-8H2,(H,13,16). The molecule has 0 saturated carbocycles. The Balaban J connectivity index is 1.93. The molecule has 0 aromatic heterocycles. The van der Waals surface area contributed by atoms with E-state index in [-0.39, 0.29) is 0 Å². The molecule has 1 heterocycles. The van der Waals surface area contributed by atoms with Crippen molar-refractivity contribution in [3.63, 3.8) is 0 Å². The van der Waals surface area contributed by atoms with Crippen molar-refractivity contribution < 1.29 is 4.74 Å². The summed E-state index contributed by atoms with van der Waals surface area (Å²) in [6.45, 7) is 3.23. The average Bonchev–Trinajstić information content (AvgIpc) is 2.33. The molecule has 0 spiro atoms. The highest BCUT2D eigenvalue weighted by molar-refractivity contribution is 9.10. The number of morpholine rings is 1. The van der Waals surface area contributed by atoms with E-state index in [1.807, 2.05) is 24.3 Å². The Kier molecular flexibility index (Phi) is 4.15. The third-order valence-corrected chi connectivity index (χ3v) is 3.28. The normalized spacial score (nSPS) is 15.9. The zero-order valence-corrected chi connectivity index (χ0v) is 11.2. The molecular weight excluding hydrogens is 288 g/mol. The van der Waals surface area contributed by atoms with E-state index in [1.165, 1.54) is 0 Å². The molecule has 1 aliphatic rings. The Morgan fingerprint density at radius 2 is 1.88 bits per heavy atom. The fourth-order valence-electron chi connectivity index (χ4n) is 1.50. The van der Waals surface area contributed by atoms with Crippen molar-refractivity contribution in [1.29, 1.82) is 0 Å². The van der Waals surface area contributed by atoms with Crippen LogP contribution in [0.2, 0.25) is 0 Å². The van der Waals surface area contributed by atoms with Crippen LogP contribution in [0.4, 0.5) is 5.69 Å². The monoisotopic (exact) mass is 300 g/mol. The van der Waals surface area contributed by atoms with Gasteiger partial charge in [-0.1, -0.05) is 15.9 Å². The summed E-state index contributed by atoms with van der Waals surface area (Å²) >= 11 is 8.74. The molecule has 1 N–H and O–H groups in total. The Labute approximate surface area is 109 Å². The second kappa shape index (κ2) is 5.61. The second-order valence-electron chi connectivity index (χ2n) is 3.54. The first kappa shape index (κ1) is 11.8. The molecule has 1 aromatic carbocycles. The summed E-state index contributed by atoms with van der Waals surface area (Å²) in [7, 11) is 0. The van der Waals surface area contributed by atoms with E-state index < -0.39 is 0 Å². The predicted octanol–water partition coefficient (Wildman–Crippen LogP) is 2.48. The van der Waals surface area contributed by atoms with Crippen molar-refractivity contribution in [2.75, 3.05) is 31.6 Å². The molecule has 5 heteroatoms. The Bertz CT molecular complexity index is 363. The van der Waals surface area contributed by atoms with Crippen molar-refractivity contribution >= 4 is 38.9 Å². The molecule has 0 amide bonds. The number of halogens is 1. The van der Waals surface area contributed by atoms with Crippen LogP contribution in [-0.2, 0) is 4.74 Å². The molecule has 1 saturated heterocycles. The van der Waals surface area contributed by atoms with Crippen molar-refractivity contribution in [1.82, 2.24) is 4.90 Å². The summed E-state index contributed by atoms with van der Waals surface area (Å²) in [6.07, 6.45) is 0. The van der Waals surface area contributed by atoms with E-state index in [0.717, 1.165) is 41.6 Å². The minimum Gasteiger partial charge on any atom is -0.378 e.